The number of amides is 2. The highest BCUT2D eigenvalue weighted by Gasteiger charge is 2.47. The highest BCUT2D eigenvalue weighted by Crippen LogP contribution is 2.38. The van der Waals surface area contributed by atoms with Crippen molar-refractivity contribution in [1.29, 1.82) is 0 Å². The van der Waals surface area contributed by atoms with Gasteiger partial charge >= 0.3 is 0 Å². The SMILES string of the molecule is CCCCCNC(=O)C1CC1C(=O)NCc1ccc(C)cc1. The molecule has 2 N–H and O–H groups in total. The van der Waals surface area contributed by atoms with Crippen LogP contribution in [0.4, 0.5) is 0 Å². The lowest BCUT2D eigenvalue weighted by molar-refractivity contribution is -0.127. The summed E-state index contributed by atoms with van der Waals surface area (Å²) in [4.78, 5) is 23.9. The van der Waals surface area contributed by atoms with Crippen LogP contribution in [-0.4, -0.2) is 18.4 Å². The Hall–Kier alpha value is -1.84. The number of nitrogens with one attached hydrogen (secondary N) is 2. The van der Waals surface area contributed by atoms with Gasteiger partial charge in [-0.2, -0.15) is 0 Å². The first-order chi connectivity index (χ1) is 10.6. The van der Waals surface area contributed by atoms with E-state index in [-0.39, 0.29) is 23.7 Å². The first-order valence-electron chi connectivity index (χ1n) is 8.22. The third kappa shape index (κ3) is 4.86. The number of rotatable bonds is 8. The fourth-order valence-corrected chi connectivity index (χ4v) is 2.52. The number of unbranched alkanes of at least 4 members (excludes halogenated alkanes) is 2. The minimum absolute atomic E-state index is 0.00529. The van der Waals surface area contributed by atoms with Crippen LogP contribution in [-0.2, 0) is 16.1 Å². The molecule has 1 aromatic carbocycles. The zero-order valence-electron chi connectivity index (χ0n) is 13.5. The lowest BCUT2D eigenvalue weighted by Gasteiger charge is -2.06. The lowest BCUT2D eigenvalue weighted by atomic mass is 10.1. The normalized spacial score (nSPS) is 19.5. The lowest BCUT2D eigenvalue weighted by Crippen LogP contribution is -2.30. The maximum absolute atomic E-state index is 12.0. The standard InChI is InChI=1S/C18H26N2O2/c1-3-4-5-10-19-17(21)15-11-16(15)18(22)20-12-14-8-6-13(2)7-9-14/h6-9,15-16H,3-5,10-12H2,1-2H3,(H,19,21)(H,20,22). The summed E-state index contributed by atoms with van der Waals surface area (Å²) in [6, 6.07) is 8.09. The molecule has 0 saturated heterocycles. The monoisotopic (exact) mass is 302 g/mol. The molecule has 1 fully saturated rings. The molecule has 0 spiro atoms. The Kier molecular flexibility index (Phi) is 5.99. The molecule has 2 atom stereocenters. The molecule has 22 heavy (non-hydrogen) atoms. The maximum Gasteiger partial charge on any atom is 0.224 e. The molecule has 1 aliphatic carbocycles. The third-order valence-electron chi connectivity index (χ3n) is 4.13. The molecule has 0 aliphatic heterocycles. The van der Waals surface area contributed by atoms with E-state index in [0.717, 1.165) is 31.4 Å². The summed E-state index contributed by atoms with van der Waals surface area (Å²) in [5.41, 5.74) is 2.29. The van der Waals surface area contributed by atoms with Gasteiger partial charge in [-0.15, -0.1) is 0 Å². The molecule has 1 aromatic rings. The summed E-state index contributed by atoms with van der Waals surface area (Å²) >= 11 is 0. The first-order valence-corrected chi connectivity index (χ1v) is 8.22. The summed E-state index contributed by atoms with van der Waals surface area (Å²) in [5, 5.41) is 5.85. The van der Waals surface area contributed by atoms with Crippen molar-refractivity contribution in [2.75, 3.05) is 6.54 Å². The summed E-state index contributed by atoms with van der Waals surface area (Å²) in [6.07, 6.45) is 3.97. The quantitative estimate of drug-likeness (QED) is 0.725. The molecule has 0 bridgehead atoms. The Bertz CT molecular complexity index is 510. The first kappa shape index (κ1) is 16.5. The van der Waals surface area contributed by atoms with E-state index in [1.54, 1.807) is 0 Å². The summed E-state index contributed by atoms with van der Waals surface area (Å²) in [6.45, 7) is 5.43. The van der Waals surface area contributed by atoms with Gasteiger partial charge in [0.2, 0.25) is 11.8 Å². The average Bonchev–Trinajstić information content (AvgIpc) is 3.31. The van der Waals surface area contributed by atoms with E-state index in [1.165, 1.54) is 5.56 Å². The van der Waals surface area contributed by atoms with Gasteiger partial charge in [0, 0.05) is 13.1 Å². The van der Waals surface area contributed by atoms with Crippen LogP contribution >= 0.6 is 0 Å². The number of hydrogen-bond acceptors (Lipinski definition) is 2. The Labute approximate surface area is 132 Å². The fraction of sp³-hybridized carbons (Fsp3) is 0.556. The van der Waals surface area contributed by atoms with Crippen LogP contribution in [0, 0.1) is 18.8 Å². The maximum atomic E-state index is 12.0. The molecule has 1 aliphatic rings. The minimum atomic E-state index is -0.142. The highest BCUT2D eigenvalue weighted by molar-refractivity contribution is 5.92. The second kappa shape index (κ2) is 7.97. The summed E-state index contributed by atoms with van der Waals surface area (Å²) < 4.78 is 0. The van der Waals surface area contributed by atoms with E-state index in [0.29, 0.717) is 13.0 Å². The number of aryl methyl sites for hydroxylation is 1. The van der Waals surface area contributed by atoms with Crippen LogP contribution in [0.25, 0.3) is 0 Å². The molecule has 2 amide bonds. The molecule has 1 saturated carbocycles. The molecule has 2 unspecified atom stereocenters. The van der Waals surface area contributed by atoms with E-state index in [2.05, 4.69) is 17.6 Å². The van der Waals surface area contributed by atoms with Crippen LogP contribution in [0.3, 0.4) is 0 Å². The Morgan fingerprint density at radius 2 is 1.68 bits per heavy atom. The molecule has 4 nitrogen and oxygen atoms in total. The van der Waals surface area contributed by atoms with E-state index in [1.807, 2.05) is 31.2 Å². The van der Waals surface area contributed by atoms with Crippen LogP contribution in [0.15, 0.2) is 24.3 Å². The average molecular weight is 302 g/mol. The van der Waals surface area contributed by atoms with Crippen LogP contribution < -0.4 is 10.6 Å². The molecule has 0 radical (unpaired) electrons. The van der Waals surface area contributed by atoms with E-state index in [9.17, 15) is 9.59 Å². The molecule has 0 aromatic heterocycles. The number of benzene rings is 1. The van der Waals surface area contributed by atoms with Gasteiger partial charge in [-0.3, -0.25) is 9.59 Å². The van der Waals surface area contributed by atoms with Gasteiger partial charge in [0.1, 0.15) is 0 Å². The van der Waals surface area contributed by atoms with Crippen LogP contribution in [0.2, 0.25) is 0 Å². The van der Waals surface area contributed by atoms with Crippen molar-refractivity contribution in [2.24, 2.45) is 11.8 Å². The second-order valence-corrected chi connectivity index (χ2v) is 6.15. The van der Waals surface area contributed by atoms with Gasteiger partial charge < -0.3 is 10.6 Å². The molecule has 2 rings (SSSR count). The van der Waals surface area contributed by atoms with Crippen molar-refractivity contribution in [3.63, 3.8) is 0 Å². The van der Waals surface area contributed by atoms with Gasteiger partial charge in [-0.1, -0.05) is 49.6 Å². The molecule has 4 heteroatoms. The van der Waals surface area contributed by atoms with Crippen molar-refractivity contribution < 1.29 is 9.59 Å². The van der Waals surface area contributed by atoms with Crippen molar-refractivity contribution >= 4 is 11.8 Å². The fourth-order valence-electron chi connectivity index (χ4n) is 2.52. The van der Waals surface area contributed by atoms with Crippen LogP contribution in [0.5, 0.6) is 0 Å². The van der Waals surface area contributed by atoms with Gasteiger partial charge in [-0.25, -0.2) is 0 Å². The van der Waals surface area contributed by atoms with Gasteiger partial charge in [0.05, 0.1) is 11.8 Å². The Morgan fingerprint density at radius 1 is 1.05 bits per heavy atom. The van der Waals surface area contributed by atoms with Crippen molar-refractivity contribution in [2.45, 2.75) is 46.1 Å². The number of carbonyl (C=O) groups excluding carboxylic acids is 2. The van der Waals surface area contributed by atoms with Gasteiger partial charge in [-0.05, 0) is 25.3 Å². The molecule has 0 heterocycles. The topological polar surface area (TPSA) is 58.2 Å². The zero-order valence-corrected chi connectivity index (χ0v) is 13.5. The smallest absolute Gasteiger partial charge is 0.224 e. The zero-order chi connectivity index (χ0) is 15.9. The summed E-state index contributed by atoms with van der Waals surface area (Å²) in [7, 11) is 0. The summed E-state index contributed by atoms with van der Waals surface area (Å²) in [5.74, 6) is -0.239. The van der Waals surface area contributed by atoms with Crippen molar-refractivity contribution in [3.8, 4) is 0 Å². The van der Waals surface area contributed by atoms with Crippen LogP contribution in [0.1, 0.15) is 43.7 Å². The van der Waals surface area contributed by atoms with Crippen molar-refractivity contribution in [3.05, 3.63) is 35.4 Å². The van der Waals surface area contributed by atoms with Gasteiger partial charge in [0.15, 0.2) is 0 Å². The second-order valence-electron chi connectivity index (χ2n) is 6.15. The molecule has 120 valence electrons. The molecular weight excluding hydrogens is 276 g/mol. The van der Waals surface area contributed by atoms with Gasteiger partial charge in [0.25, 0.3) is 0 Å². The number of carbonyl (C=O) groups is 2. The molecular formula is C18H26N2O2. The van der Waals surface area contributed by atoms with E-state index >= 15 is 0 Å². The highest BCUT2D eigenvalue weighted by atomic mass is 16.2. The predicted octanol–water partition coefficient (Wildman–Crippen LogP) is 2.55. The van der Waals surface area contributed by atoms with E-state index in [4.69, 9.17) is 0 Å². The third-order valence-corrected chi connectivity index (χ3v) is 4.13. The largest absolute Gasteiger partial charge is 0.356 e. The minimum Gasteiger partial charge on any atom is -0.356 e. The van der Waals surface area contributed by atoms with Crippen molar-refractivity contribution in [1.82, 2.24) is 10.6 Å². The number of hydrogen-bond donors (Lipinski definition) is 2. The Morgan fingerprint density at radius 3 is 2.32 bits per heavy atom. The van der Waals surface area contributed by atoms with E-state index < -0.39 is 0 Å². The predicted molar refractivity (Wildman–Crippen MR) is 87.2 cm³/mol. The Balaban J connectivity index is 1.67.